The summed E-state index contributed by atoms with van der Waals surface area (Å²) < 4.78 is 5.65. The number of aromatic nitrogens is 2. The molecule has 1 aliphatic heterocycles. The van der Waals surface area contributed by atoms with Crippen molar-refractivity contribution in [2.45, 2.75) is 19.4 Å². The van der Waals surface area contributed by atoms with Crippen LogP contribution < -0.4 is 10.3 Å². The topological polar surface area (TPSA) is 116 Å². The summed E-state index contributed by atoms with van der Waals surface area (Å²) in [6.45, 7) is 3.45. The van der Waals surface area contributed by atoms with Crippen molar-refractivity contribution in [3.63, 3.8) is 0 Å². The fourth-order valence-corrected chi connectivity index (χ4v) is 3.00. The molecule has 9 heteroatoms. The highest BCUT2D eigenvalue weighted by molar-refractivity contribution is 5.92. The van der Waals surface area contributed by atoms with Crippen LogP contribution in [0.2, 0.25) is 0 Å². The molecule has 1 fully saturated rings. The number of phenolic OH excluding ortho intramolecular Hbond substituents is 1. The van der Waals surface area contributed by atoms with E-state index in [4.69, 9.17) is 4.74 Å². The highest BCUT2D eigenvalue weighted by atomic mass is 16.5. The molecule has 1 unspecified atom stereocenters. The van der Waals surface area contributed by atoms with Crippen LogP contribution in [0, 0.1) is 0 Å². The molecule has 148 valence electrons. The Hall–Kier alpha value is -3.36. The van der Waals surface area contributed by atoms with E-state index >= 15 is 0 Å². The van der Waals surface area contributed by atoms with Crippen molar-refractivity contribution in [1.29, 1.82) is 0 Å². The number of carbonyl (C=O) groups is 2. The molecular weight excluding hydrogens is 364 g/mol. The van der Waals surface area contributed by atoms with Crippen LogP contribution in [0.15, 0.2) is 41.2 Å². The molecule has 1 aromatic carbocycles. The lowest BCUT2D eigenvalue weighted by atomic mass is 10.3. The summed E-state index contributed by atoms with van der Waals surface area (Å²) >= 11 is 0. The number of rotatable bonds is 4. The Balaban J connectivity index is 1.58. The van der Waals surface area contributed by atoms with Gasteiger partial charge < -0.3 is 19.6 Å². The Bertz CT molecular complexity index is 875. The highest BCUT2D eigenvalue weighted by Crippen LogP contribution is 2.18. The van der Waals surface area contributed by atoms with Crippen LogP contribution >= 0.6 is 0 Å². The molecule has 1 atom stereocenters. The molecule has 0 bridgehead atoms. The van der Waals surface area contributed by atoms with Gasteiger partial charge in [0, 0.05) is 32.2 Å². The van der Waals surface area contributed by atoms with Gasteiger partial charge >= 0.3 is 0 Å². The first kappa shape index (κ1) is 19.4. The van der Waals surface area contributed by atoms with E-state index in [9.17, 15) is 19.5 Å². The molecule has 2 heterocycles. The molecule has 1 aromatic heterocycles. The molecule has 1 saturated heterocycles. The molecule has 2 N–H and O–H groups in total. The smallest absolute Gasteiger partial charge is 0.274 e. The predicted molar refractivity (Wildman–Crippen MR) is 100 cm³/mol. The number of hydrogen-bond donors (Lipinski definition) is 2. The summed E-state index contributed by atoms with van der Waals surface area (Å²) in [5, 5.41) is 15.3. The molecule has 1 aliphatic rings. The number of hydrogen-bond acceptors (Lipinski definition) is 6. The summed E-state index contributed by atoms with van der Waals surface area (Å²) in [5.74, 6) is 0.179. The standard InChI is InChI=1S/C19H22N4O5/c1-13(28-15-5-3-14(24)4-6-15)18(26)22-9-2-10-23(12-11-22)19(27)16-7-8-17(25)21-20-16/h3-8,13,24H,2,9-12H2,1H3,(H,21,25). The van der Waals surface area contributed by atoms with Gasteiger partial charge in [-0.2, -0.15) is 5.10 Å². The van der Waals surface area contributed by atoms with Gasteiger partial charge in [0.1, 0.15) is 17.2 Å². The van der Waals surface area contributed by atoms with Gasteiger partial charge in [0.15, 0.2) is 6.10 Å². The van der Waals surface area contributed by atoms with E-state index in [1.54, 1.807) is 28.9 Å². The van der Waals surface area contributed by atoms with Crippen molar-refractivity contribution in [3.8, 4) is 11.5 Å². The molecule has 0 saturated carbocycles. The first-order valence-electron chi connectivity index (χ1n) is 9.03. The van der Waals surface area contributed by atoms with Crippen LogP contribution in [-0.4, -0.2) is 69.2 Å². The van der Waals surface area contributed by atoms with Gasteiger partial charge in [-0.25, -0.2) is 5.10 Å². The van der Waals surface area contributed by atoms with Crippen molar-refractivity contribution < 1.29 is 19.4 Å². The van der Waals surface area contributed by atoms with Crippen molar-refractivity contribution >= 4 is 11.8 Å². The molecular formula is C19H22N4O5. The van der Waals surface area contributed by atoms with E-state index in [1.807, 2.05) is 0 Å². The number of carbonyl (C=O) groups excluding carboxylic acids is 2. The van der Waals surface area contributed by atoms with Crippen LogP contribution in [0.3, 0.4) is 0 Å². The summed E-state index contributed by atoms with van der Waals surface area (Å²) in [4.78, 5) is 39.6. The summed E-state index contributed by atoms with van der Waals surface area (Å²) in [7, 11) is 0. The number of nitrogens with one attached hydrogen (secondary N) is 1. The average molecular weight is 386 g/mol. The maximum absolute atomic E-state index is 12.7. The highest BCUT2D eigenvalue weighted by Gasteiger charge is 2.27. The van der Waals surface area contributed by atoms with Crippen molar-refractivity contribution in [2.24, 2.45) is 0 Å². The van der Waals surface area contributed by atoms with Crippen LogP contribution in [0.1, 0.15) is 23.8 Å². The number of amides is 2. The molecule has 0 radical (unpaired) electrons. The minimum Gasteiger partial charge on any atom is -0.508 e. The maximum atomic E-state index is 12.7. The third kappa shape index (κ3) is 4.67. The van der Waals surface area contributed by atoms with E-state index in [0.29, 0.717) is 38.3 Å². The number of phenols is 1. The fraction of sp³-hybridized carbons (Fsp3) is 0.368. The number of benzene rings is 1. The van der Waals surface area contributed by atoms with Crippen LogP contribution in [0.5, 0.6) is 11.5 Å². The second-order valence-electron chi connectivity index (χ2n) is 6.53. The number of ether oxygens (including phenoxy) is 1. The lowest BCUT2D eigenvalue weighted by Crippen LogP contribution is -2.43. The normalized spacial score (nSPS) is 15.6. The summed E-state index contributed by atoms with van der Waals surface area (Å²) in [5.41, 5.74) is -0.199. The molecule has 0 aliphatic carbocycles. The van der Waals surface area contributed by atoms with E-state index in [-0.39, 0.29) is 28.8 Å². The molecule has 2 amide bonds. The largest absolute Gasteiger partial charge is 0.508 e. The SMILES string of the molecule is CC(Oc1ccc(O)cc1)C(=O)N1CCCN(C(=O)c2ccc(=O)[nH]n2)CC1. The Morgan fingerprint density at radius 3 is 2.43 bits per heavy atom. The Morgan fingerprint density at radius 2 is 1.75 bits per heavy atom. The van der Waals surface area contributed by atoms with Gasteiger partial charge in [-0.15, -0.1) is 0 Å². The van der Waals surface area contributed by atoms with Gasteiger partial charge in [-0.05, 0) is 43.7 Å². The first-order chi connectivity index (χ1) is 13.4. The second-order valence-corrected chi connectivity index (χ2v) is 6.53. The zero-order valence-electron chi connectivity index (χ0n) is 15.5. The van der Waals surface area contributed by atoms with Crippen LogP contribution in [0.25, 0.3) is 0 Å². The average Bonchev–Trinajstić information content (AvgIpc) is 2.95. The quantitative estimate of drug-likeness (QED) is 0.796. The zero-order chi connectivity index (χ0) is 20.1. The van der Waals surface area contributed by atoms with E-state index in [1.165, 1.54) is 24.3 Å². The van der Waals surface area contributed by atoms with Gasteiger partial charge in [-0.1, -0.05) is 0 Å². The van der Waals surface area contributed by atoms with Crippen molar-refractivity contribution in [1.82, 2.24) is 20.0 Å². The third-order valence-corrected chi connectivity index (χ3v) is 4.49. The van der Waals surface area contributed by atoms with Crippen molar-refractivity contribution in [2.75, 3.05) is 26.2 Å². The molecule has 28 heavy (non-hydrogen) atoms. The van der Waals surface area contributed by atoms with Crippen molar-refractivity contribution in [3.05, 3.63) is 52.4 Å². The molecule has 2 aromatic rings. The number of H-pyrrole nitrogens is 1. The lowest BCUT2D eigenvalue weighted by Gasteiger charge is -2.25. The van der Waals surface area contributed by atoms with Gasteiger partial charge in [0.25, 0.3) is 17.4 Å². The van der Waals surface area contributed by atoms with E-state index < -0.39 is 6.10 Å². The first-order valence-corrected chi connectivity index (χ1v) is 9.03. The molecule has 3 rings (SSSR count). The predicted octanol–water partition coefficient (Wildman–Crippen LogP) is 0.617. The Morgan fingerprint density at radius 1 is 1.07 bits per heavy atom. The van der Waals surface area contributed by atoms with Gasteiger partial charge in [0.05, 0.1) is 0 Å². The van der Waals surface area contributed by atoms with Gasteiger partial charge in [-0.3, -0.25) is 14.4 Å². The monoisotopic (exact) mass is 386 g/mol. The second kappa shape index (κ2) is 8.55. The number of aromatic amines is 1. The van der Waals surface area contributed by atoms with E-state index in [0.717, 1.165) is 0 Å². The minimum atomic E-state index is -0.687. The van der Waals surface area contributed by atoms with E-state index in [2.05, 4.69) is 10.2 Å². The van der Waals surface area contributed by atoms with Crippen LogP contribution in [-0.2, 0) is 4.79 Å². The third-order valence-electron chi connectivity index (χ3n) is 4.49. The lowest BCUT2D eigenvalue weighted by molar-refractivity contribution is -0.137. The number of aromatic hydroxyl groups is 1. The fourth-order valence-electron chi connectivity index (χ4n) is 3.00. The zero-order valence-corrected chi connectivity index (χ0v) is 15.5. The Labute approximate surface area is 161 Å². The molecule has 0 spiro atoms. The molecule has 9 nitrogen and oxygen atoms in total. The Kier molecular flexibility index (Phi) is 5.93. The summed E-state index contributed by atoms with van der Waals surface area (Å²) in [6.07, 6.45) is -0.0556. The number of nitrogens with zero attached hydrogens (tertiary/aromatic N) is 3. The van der Waals surface area contributed by atoms with Gasteiger partial charge in [0.2, 0.25) is 0 Å². The van der Waals surface area contributed by atoms with Crippen LogP contribution in [0.4, 0.5) is 0 Å². The minimum absolute atomic E-state index is 0.126. The maximum Gasteiger partial charge on any atom is 0.274 e. The summed E-state index contributed by atoms with van der Waals surface area (Å²) in [6, 6.07) is 8.83.